The smallest absolute Gasteiger partial charge is 0.254 e. The van der Waals surface area contributed by atoms with Crippen LogP contribution in [0.2, 0.25) is 0 Å². The van der Waals surface area contributed by atoms with Crippen LogP contribution in [0.3, 0.4) is 0 Å². The number of likely N-dealkylation sites (N-methyl/N-ethyl adjacent to an activating group) is 1. The van der Waals surface area contributed by atoms with Gasteiger partial charge in [-0.1, -0.05) is 18.2 Å². The normalized spacial score (nSPS) is 20.8. The summed E-state index contributed by atoms with van der Waals surface area (Å²) in [4.78, 5) is 14.4. The van der Waals surface area contributed by atoms with Crippen molar-refractivity contribution < 1.29 is 14.6 Å². The third-order valence-corrected chi connectivity index (χ3v) is 4.60. The van der Waals surface area contributed by atoms with Crippen LogP contribution in [-0.2, 0) is 0 Å². The van der Waals surface area contributed by atoms with Crippen molar-refractivity contribution in [1.29, 1.82) is 5.26 Å². The number of aliphatic hydroxyl groups excluding tert-OH is 1. The maximum Gasteiger partial charge on any atom is 0.254 e. The van der Waals surface area contributed by atoms with Crippen molar-refractivity contribution in [1.82, 2.24) is 4.90 Å². The average Bonchev–Trinajstić information content (AvgIpc) is 2.62. The van der Waals surface area contributed by atoms with Crippen LogP contribution in [0.4, 0.5) is 0 Å². The third kappa shape index (κ3) is 2.97. The van der Waals surface area contributed by atoms with Gasteiger partial charge in [0, 0.05) is 18.2 Å². The number of fused-ring (bicyclic) bond motifs is 1. The number of hydrogen-bond acceptors (Lipinski definition) is 4. The summed E-state index contributed by atoms with van der Waals surface area (Å²) in [5, 5.41) is 20.1. The summed E-state index contributed by atoms with van der Waals surface area (Å²) in [6.45, 7) is 3.57. The van der Waals surface area contributed by atoms with Crippen LogP contribution in [0.1, 0.15) is 41.4 Å². The lowest BCUT2D eigenvalue weighted by Crippen LogP contribution is -2.53. The molecule has 5 heteroatoms. The molecule has 1 N–H and O–H groups in total. The Balaban J connectivity index is 2.07. The highest BCUT2D eigenvalue weighted by Crippen LogP contribution is 2.43. The van der Waals surface area contributed by atoms with Crippen molar-refractivity contribution >= 4 is 5.91 Å². The van der Waals surface area contributed by atoms with Gasteiger partial charge in [0.2, 0.25) is 0 Å². The predicted octanol–water partition coefficient (Wildman–Crippen LogP) is 2.90. The van der Waals surface area contributed by atoms with E-state index in [2.05, 4.69) is 6.07 Å². The van der Waals surface area contributed by atoms with Crippen LogP contribution in [0, 0.1) is 11.3 Å². The van der Waals surface area contributed by atoms with Crippen LogP contribution in [0.15, 0.2) is 48.5 Å². The number of rotatable bonds is 2. The molecule has 0 saturated carbocycles. The molecule has 1 amide bonds. The Kier molecular flexibility index (Phi) is 4.23. The topological polar surface area (TPSA) is 73.6 Å². The van der Waals surface area contributed by atoms with Gasteiger partial charge in [0.25, 0.3) is 5.91 Å². The highest BCUT2D eigenvalue weighted by Gasteiger charge is 2.45. The SMILES string of the molecule is CN(C(=O)c1ccccc1)C1c2cc(C#N)ccc2OC(C)(C)C1O. The molecule has 2 aromatic rings. The summed E-state index contributed by atoms with van der Waals surface area (Å²) < 4.78 is 5.90. The van der Waals surface area contributed by atoms with Gasteiger partial charge < -0.3 is 14.7 Å². The third-order valence-electron chi connectivity index (χ3n) is 4.60. The molecular formula is C20H20N2O3. The van der Waals surface area contributed by atoms with Crippen molar-refractivity contribution in [2.24, 2.45) is 0 Å². The van der Waals surface area contributed by atoms with Gasteiger partial charge in [-0.25, -0.2) is 0 Å². The standard InChI is InChI=1S/C20H20N2O3/c1-20(2)18(23)17(15-11-13(12-21)9-10-16(15)25-20)22(3)19(24)14-7-5-4-6-8-14/h4-11,17-18,23H,1-3H3. The lowest BCUT2D eigenvalue weighted by atomic mass is 9.85. The van der Waals surface area contributed by atoms with Crippen LogP contribution in [-0.4, -0.2) is 34.7 Å². The molecule has 2 aromatic carbocycles. The van der Waals surface area contributed by atoms with E-state index in [1.807, 2.05) is 6.07 Å². The lowest BCUT2D eigenvalue weighted by molar-refractivity contribution is -0.0830. The Hall–Kier alpha value is -2.84. The molecule has 2 unspecified atom stereocenters. The minimum Gasteiger partial charge on any atom is -0.485 e. The molecule has 25 heavy (non-hydrogen) atoms. The van der Waals surface area contributed by atoms with E-state index in [1.54, 1.807) is 63.4 Å². The average molecular weight is 336 g/mol. The van der Waals surface area contributed by atoms with Gasteiger partial charge in [-0.2, -0.15) is 5.26 Å². The zero-order valence-electron chi connectivity index (χ0n) is 14.4. The molecule has 0 aliphatic carbocycles. The van der Waals surface area contributed by atoms with Crippen molar-refractivity contribution in [3.8, 4) is 11.8 Å². The van der Waals surface area contributed by atoms with E-state index in [0.29, 0.717) is 22.4 Å². The van der Waals surface area contributed by atoms with E-state index in [0.717, 1.165) is 0 Å². The van der Waals surface area contributed by atoms with E-state index < -0.39 is 17.7 Å². The van der Waals surface area contributed by atoms with Crippen LogP contribution >= 0.6 is 0 Å². The van der Waals surface area contributed by atoms with Gasteiger partial charge >= 0.3 is 0 Å². The summed E-state index contributed by atoms with van der Waals surface area (Å²) in [6.07, 6.45) is -0.938. The van der Waals surface area contributed by atoms with Crippen LogP contribution in [0.5, 0.6) is 5.75 Å². The zero-order valence-corrected chi connectivity index (χ0v) is 14.4. The van der Waals surface area contributed by atoms with Gasteiger partial charge in [0.1, 0.15) is 17.5 Å². The summed E-state index contributed by atoms with van der Waals surface area (Å²) >= 11 is 0. The number of aliphatic hydroxyl groups is 1. The number of benzene rings is 2. The number of hydrogen-bond donors (Lipinski definition) is 1. The number of amides is 1. The number of nitriles is 1. The molecule has 0 saturated heterocycles. The first-order chi connectivity index (χ1) is 11.8. The number of carbonyl (C=O) groups is 1. The maximum absolute atomic E-state index is 12.9. The van der Waals surface area contributed by atoms with E-state index in [4.69, 9.17) is 4.74 Å². The van der Waals surface area contributed by atoms with E-state index >= 15 is 0 Å². The van der Waals surface area contributed by atoms with E-state index in [-0.39, 0.29) is 5.91 Å². The molecule has 128 valence electrons. The van der Waals surface area contributed by atoms with E-state index in [9.17, 15) is 15.2 Å². The number of carbonyl (C=O) groups excluding carboxylic acids is 1. The first-order valence-corrected chi connectivity index (χ1v) is 8.08. The molecule has 1 aliphatic heterocycles. The minimum atomic E-state index is -0.938. The molecule has 0 radical (unpaired) electrons. The molecule has 2 atom stereocenters. The van der Waals surface area contributed by atoms with Crippen molar-refractivity contribution in [3.63, 3.8) is 0 Å². The zero-order chi connectivity index (χ0) is 18.2. The van der Waals surface area contributed by atoms with Gasteiger partial charge in [-0.15, -0.1) is 0 Å². The van der Waals surface area contributed by atoms with Crippen LogP contribution in [0.25, 0.3) is 0 Å². The maximum atomic E-state index is 12.9. The molecule has 1 aliphatic rings. The Morgan fingerprint density at radius 3 is 2.56 bits per heavy atom. The van der Waals surface area contributed by atoms with Crippen molar-refractivity contribution in [2.75, 3.05) is 7.05 Å². The molecule has 0 aromatic heterocycles. The number of ether oxygens (including phenoxy) is 1. The molecule has 0 spiro atoms. The summed E-state index contributed by atoms with van der Waals surface area (Å²) in [7, 11) is 1.66. The molecule has 3 rings (SSSR count). The minimum absolute atomic E-state index is 0.198. The Bertz CT molecular complexity index is 840. The fourth-order valence-electron chi connectivity index (χ4n) is 3.17. The second-order valence-electron chi connectivity index (χ2n) is 6.74. The molecular weight excluding hydrogens is 316 g/mol. The summed E-state index contributed by atoms with van der Waals surface area (Å²) in [6, 6.07) is 15.5. The van der Waals surface area contributed by atoms with Gasteiger partial charge in [-0.05, 0) is 44.2 Å². The highest BCUT2D eigenvalue weighted by atomic mass is 16.5. The second kappa shape index (κ2) is 6.23. The first-order valence-electron chi connectivity index (χ1n) is 8.08. The molecule has 0 bridgehead atoms. The largest absolute Gasteiger partial charge is 0.485 e. The highest BCUT2D eigenvalue weighted by molar-refractivity contribution is 5.94. The molecule has 0 fully saturated rings. The number of nitrogens with zero attached hydrogens (tertiary/aromatic N) is 2. The Morgan fingerprint density at radius 1 is 1.24 bits per heavy atom. The lowest BCUT2D eigenvalue weighted by Gasteiger charge is -2.45. The van der Waals surface area contributed by atoms with Gasteiger partial charge in [-0.3, -0.25) is 4.79 Å². The summed E-state index contributed by atoms with van der Waals surface area (Å²) in [5.74, 6) is 0.377. The van der Waals surface area contributed by atoms with Crippen molar-refractivity contribution in [3.05, 3.63) is 65.2 Å². The second-order valence-corrected chi connectivity index (χ2v) is 6.74. The quantitative estimate of drug-likeness (QED) is 0.915. The Labute approximate surface area is 147 Å². The monoisotopic (exact) mass is 336 g/mol. The predicted molar refractivity (Wildman–Crippen MR) is 93.1 cm³/mol. The van der Waals surface area contributed by atoms with Gasteiger partial charge in [0.15, 0.2) is 0 Å². The fourth-order valence-corrected chi connectivity index (χ4v) is 3.17. The van der Waals surface area contributed by atoms with E-state index in [1.165, 1.54) is 4.90 Å². The van der Waals surface area contributed by atoms with Gasteiger partial charge in [0.05, 0.1) is 17.7 Å². The first kappa shape index (κ1) is 17.0. The molecule has 5 nitrogen and oxygen atoms in total. The Morgan fingerprint density at radius 2 is 1.92 bits per heavy atom. The fraction of sp³-hybridized carbons (Fsp3) is 0.300. The molecule has 1 heterocycles. The van der Waals surface area contributed by atoms with Crippen LogP contribution < -0.4 is 4.74 Å². The van der Waals surface area contributed by atoms with Crippen molar-refractivity contribution in [2.45, 2.75) is 31.6 Å². The summed E-state index contributed by atoms with van der Waals surface area (Å²) in [5.41, 5.74) is 0.772.